The number of rotatable bonds is 4. The third-order valence-corrected chi connectivity index (χ3v) is 4.99. The Bertz CT molecular complexity index is 1240. The zero-order valence-electron chi connectivity index (χ0n) is 14.9. The molecule has 3 rings (SSSR count). The maximum absolute atomic E-state index is 12.7. The van der Waals surface area contributed by atoms with E-state index in [1.165, 1.54) is 28.9 Å². The van der Waals surface area contributed by atoms with Gasteiger partial charge < -0.3 is 4.90 Å². The van der Waals surface area contributed by atoms with Gasteiger partial charge in [0.05, 0.1) is 21.2 Å². The molecule has 0 saturated heterocycles. The monoisotopic (exact) mass is 385 g/mol. The van der Waals surface area contributed by atoms with E-state index in [2.05, 4.69) is 11.7 Å². The van der Waals surface area contributed by atoms with Crippen molar-refractivity contribution in [3.8, 4) is 5.69 Å². The molecule has 140 valence electrons. The maximum Gasteiger partial charge on any atom is 0.294 e. The van der Waals surface area contributed by atoms with E-state index in [9.17, 15) is 13.2 Å². The zero-order chi connectivity index (χ0) is 19.8. The van der Waals surface area contributed by atoms with Crippen LogP contribution in [0.1, 0.15) is 5.56 Å². The highest BCUT2D eigenvalue weighted by Crippen LogP contribution is 2.13. The van der Waals surface area contributed by atoms with Crippen molar-refractivity contribution in [3.63, 3.8) is 0 Å². The fourth-order valence-electron chi connectivity index (χ4n) is 2.63. The van der Waals surface area contributed by atoms with Crippen molar-refractivity contribution in [2.75, 3.05) is 19.0 Å². The molecule has 0 amide bonds. The molecule has 0 fully saturated rings. The molecular formula is C19H19N3O4S. The first-order valence-electron chi connectivity index (χ1n) is 8.04. The Hall–Kier alpha value is -3.10. The van der Waals surface area contributed by atoms with Crippen molar-refractivity contribution in [2.45, 2.75) is 4.90 Å². The molecule has 0 aliphatic rings. The van der Waals surface area contributed by atoms with E-state index < -0.39 is 10.1 Å². The van der Waals surface area contributed by atoms with Crippen LogP contribution in [-0.2, 0) is 10.1 Å². The van der Waals surface area contributed by atoms with Crippen molar-refractivity contribution in [3.05, 3.63) is 75.0 Å². The minimum Gasteiger partial charge on any atom is -0.378 e. The largest absolute Gasteiger partial charge is 0.378 e. The highest BCUT2D eigenvalue weighted by Gasteiger charge is 2.10. The molecule has 2 aromatic carbocycles. The summed E-state index contributed by atoms with van der Waals surface area (Å²) in [6, 6.07) is 13.0. The van der Waals surface area contributed by atoms with Crippen LogP contribution in [0.2, 0.25) is 0 Å². The number of nitrogens with zero attached hydrogens (tertiary/aromatic N) is 2. The normalized spacial score (nSPS) is 12.3. The molecule has 0 unspecified atom stereocenters. The second-order valence-corrected chi connectivity index (χ2v) is 7.67. The quantitative estimate of drug-likeness (QED) is 0.645. The molecular weight excluding hydrogens is 366 g/mol. The van der Waals surface area contributed by atoms with E-state index >= 15 is 0 Å². The first-order valence-corrected chi connectivity index (χ1v) is 9.48. The first kappa shape index (κ1) is 18.7. The van der Waals surface area contributed by atoms with Crippen molar-refractivity contribution >= 4 is 28.5 Å². The van der Waals surface area contributed by atoms with Gasteiger partial charge in [0, 0.05) is 19.8 Å². The van der Waals surface area contributed by atoms with Crippen LogP contribution in [0, 0.1) is 0 Å². The van der Waals surface area contributed by atoms with Gasteiger partial charge in [0.25, 0.3) is 15.7 Å². The average molecular weight is 385 g/mol. The van der Waals surface area contributed by atoms with Crippen LogP contribution < -0.4 is 21.0 Å². The fraction of sp³-hybridized carbons (Fsp3) is 0.105. The van der Waals surface area contributed by atoms with Crippen LogP contribution in [0.15, 0.2) is 58.2 Å². The van der Waals surface area contributed by atoms with Crippen molar-refractivity contribution in [2.24, 2.45) is 0 Å². The van der Waals surface area contributed by atoms with Gasteiger partial charge in [0.2, 0.25) is 0 Å². The lowest BCUT2D eigenvalue weighted by atomic mass is 10.1. The molecule has 0 bridgehead atoms. The standard InChI is InChI=1S/C19H19N3O4S/c1-13-18(12-14-4-6-15(7-5-14)21(2)3)19(23)22(20-13)16-8-10-17(11-9-16)27(24,25)26/h4-12,20H,1H2,2-3H3,(H,24,25,26). The van der Waals surface area contributed by atoms with Gasteiger partial charge in [0.15, 0.2) is 0 Å². The third kappa shape index (κ3) is 3.86. The Kier molecular flexibility index (Phi) is 4.77. The third-order valence-electron chi connectivity index (χ3n) is 4.12. The predicted octanol–water partition coefficient (Wildman–Crippen LogP) is 0.717. The topological polar surface area (TPSA) is 95.4 Å². The summed E-state index contributed by atoms with van der Waals surface area (Å²) < 4.78 is 32.6. The molecule has 0 aliphatic carbocycles. The molecule has 27 heavy (non-hydrogen) atoms. The molecule has 1 aromatic heterocycles. The number of nitrogens with one attached hydrogen (secondary N) is 1. The summed E-state index contributed by atoms with van der Waals surface area (Å²) in [5, 5.41) is 3.73. The number of H-pyrrole nitrogens is 1. The molecule has 3 aromatic rings. The Morgan fingerprint density at radius 3 is 2.19 bits per heavy atom. The van der Waals surface area contributed by atoms with E-state index in [1.807, 2.05) is 43.3 Å². The van der Waals surface area contributed by atoms with Gasteiger partial charge >= 0.3 is 0 Å². The maximum atomic E-state index is 12.7. The Balaban J connectivity index is 2.05. The van der Waals surface area contributed by atoms with E-state index in [1.54, 1.807) is 6.08 Å². The summed E-state index contributed by atoms with van der Waals surface area (Å²) in [6.45, 7) is 3.87. The Morgan fingerprint density at radius 2 is 1.67 bits per heavy atom. The van der Waals surface area contributed by atoms with Gasteiger partial charge in [-0.2, -0.15) is 8.42 Å². The fourth-order valence-corrected chi connectivity index (χ4v) is 3.11. The van der Waals surface area contributed by atoms with Gasteiger partial charge in [-0.15, -0.1) is 0 Å². The van der Waals surface area contributed by atoms with Crippen LogP contribution in [-0.4, -0.2) is 36.8 Å². The van der Waals surface area contributed by atoms with E-state index in [0.717, 1.165) is 11.3 Å². The van der Waals surface area contributed by atoms with Gasteiger partial charge in [-0.3, -0.25) is 14.4 Å². The number of hydrogen-bond acceptors (Lipinski definition) is 4. The average Bonchev–Trinajstić information content (AvgIpc) is 2.90. The lowest BCUT2D eigenvalue weighted by Crippen LogP contribution is -2.33. The van der Waals surface area contributed by atoms with E-state index in [0.29, 0.717) is 16.3 Å². The first-order chi connectivity index (χ1) is 12.7. The lowest BCUT2D eigenvalue weighted by molar-refractivity contribution is 0.483. The minimum absolute atomic E-state index is 0.242. The number of hydrogen-bond donors (Lipinski definition) is 2. The summed E-state index contributed by atoms with van der Waals surface area (Å²) in [7, 11) is -0.386. The minimum atomic E-state index is -4.28. The molecule has 0 spiro atoms. The number of aromatic amines is 1. The lowest BCUT2D eigenvalue weighted by Gasteiger charge is -2.11. The van der Waals surface area contributed by atoms with Crippen molar-refractivity contribution in [1.82, 2.24) is 9.78 Å². The summed E-state index contributed by atoms with van der Waals surface area (Å²) in [6.07, 6.45) is 1.74. The van der Waals surface area contributed by atoms with Gasteiger partial charge in [-0.1, -0.05) is 18.7 Å². The van der Waals surface area contributed by atoms with Crippen molar-refractivity contribution in [1.29, 1.82) is 0 Å². The number of benzene rings is 2. The van der Waals surface area contributed by atoms with Crippen LogP contribution in [0.3, 0.4) is 0 Å². The Labute approximate surface area is 156 Å². The zero-order valence-corrected chi connectivity index (χ0v) is 15.7. The van der Waals surface area contributed by atoms with Crippen molar-refractivity contribution < 1.29 is 13.0 Å². The van der Waals surface area contributed by atoms with Gasteiger partial charge in [-0.05, 0) is 48.0 Å². The molecule has 0 aliphatic heterocycles. The van der Waals surface area contributed by atoms with Crippen LogP contribution >= 0.6 is 0 Å². The van der Waals surface area contributed by atoms with E-state index in [-0.39, 0.29) is 10.5 Å². The predicted molar refractivity (Wildman–Crippen MR) is 105 cm³/mol. The molecule has 0 saturated carbocycles. The summed E-state index contributed by atoms with van der Waals surface area (Å²) >= 11 is 0. The second kappa shape index (κ2) is 6.90. The smallest absolute Gasteiger partial charge is 0.294 e. The Morgan fingerprint density at radius 1 is 1.07 bits per heavy atom. The van der Waals surface area contributed by atoms with E-state index in [4.69, 9.17) is 4.55 Å². The molecule has 2 N–H and O–H groups in total. The number of aromatic nitrogens is 2. The highest BCUT2D eigenvalue weighted by atomic mass is 32.2. The molecule has 1 heterocycles. The summed E-state index contributed by atoms with van der Waals surface area (Å²) in [5.41, 5.74) is 2.03. The van der Waals surface area contributed by atoms with Gasteiger partial charge in [-0.25, -0.2) is 4.68 Å². The summed E-state index contributed by atoms with van der Waals surface area (Å²) in [4.78, 5) is 14.5. The SMILES string of the molecule is C=c1[nH]n(-c2ccc(S(=O)(=O)O)cc2)c(=O)c1=Cc1ccc(N(C)C)cc1. The van der Waals surface area contributed by atoms with Crippen LogP contribution in [0.25, 0.3) is 18.3 Å². The highest BCUT2D eigenvalue weighted by molar-refractivity contribution is 7.85. The molecule has 0 radical (unpaired) electrons. The van der Waals surface area contributed by atoms with Crippen LogP contribution in [0.5, 0.6) is 0 Å². The van der Waals surface area contributed by atoms with Crippen LogP contribution in [0.4, 0.5) is 5.69 Å². The number of anilines is 1. The second-order valence-electron chi connectivity index (χ2n) is 6.24. The molecule has 7 nitrogen and oxygen atoms in total. The van der Waals surface area contributed by atoms with Gasteiger partial charge in [0.1, 0.15) is 0 Å². The summed E-state index contributed by atoms with van der Waals surface area (Å²) in [5.74, 6) is 0. The molecule has 0 atom stereocenters. The molecule has 8 heteroatoms.